The summed E-state index contributed by atoms with van der Waals surface area (Å²) in [5, 5.41) is 0.583. The Hall–Kier alpha value is -2.11. The topological polar surface area (TPSA) is 44.0 Å². The lowest BCUT2D eigenvalue weighted by molar-refractivity contribution is 0.723. The average molecular weight is 333 g/mol. The molecule has 0 fully saturated rings. The van der Waals surface area contributed by atoms with Crippen LogP contribution in [0.3, 0.4) is 0 Å². The third-order valence-electron chi connectivity index (χ3n) is 3.29. The van der Waals surface area contributed by atoms with Gasteiger partial charge in [-0.05, 0) is 36.8 Å². The minimum absolute atomic E-state index is 0.216. The van der Waals surface area contributed by atoms with Crippen LogP contribution in [0.2, 0.25) is 5.02 Å². The lowest BCUT2D eigenvalue weighted by atomic mass is 10.2. The van der Waals surface area contributed by atoms with Gasteiger partial charge in [0, 0.05) is 16.6 Å². The van der Waals surface area contributed by atoms with E-state index in [-0.39, 0.29) is 17.1 Å². The van der Waals surface area contributed by atoms with Crippen molar-refractivity contribution >= 4 is 23.1 Å². The number of rotatable bonds is 3. The van der Waals surface area contributed by atoms with Gasteiger partial charge in [0.15, 0.2) is 0 Å². The van der Waals surface area contributed by atoms with Crippen molar-refractivity contribution in [3.63, 3.8) is 0 Å². The Balaban J connectivity index is 2.02. The first-order valence-electron chi connectivity index (χ1n) is 6.69. The molecule has 0 unspecified atom stereocenters. The fourth-order valence-corrected chi connectivity index (χ4v) is 3.16. The van der Waals surface area contributed by atoms with Crippen LogP contribution in [0.15, 0.2) is 58.1 Å². The van der Waals surface area contributed by atoms with Gasteiger partial charge in [0.1, 0.15) is 0 Å². The van der Waals surface area contributed by atoms with Crippen LogP contribution in [-0.2, 0) is 6.54 Å². The first kappa shape index (κ1) is 14.8. The van der Waals surface area contributed by atoms with E-state index >= 15 is 0 Å². The van der Waals surface area contributed by atoms with E-state index in [1.165, 1.54) is 8.52 Å². The average Bonchev–Trinajstić information content (AvgIpc) is 2.76. The van der Waals surface area contributed by atoms with Gasteiger partial charge < -0.3 is 0 Å². The van der Waals surface area contributed by atoms with E-state index < -0.39 is 0 Å². The van der Waals surface area contributed by atoms with Crippen LogP contribution in [0.5, 0.6) is 0 Å². The molecule has 0 atom stereocenters. The van der Waals surface area contributed by atoms with Crippen LogP contribution < -0.4 is 10.6 Å². The molecular formula is C16H13ClN2O2S. The van der Waals surface area contributed by atoms with Crippen molar-refractivity contribution in [2.45, 2.75) is 13.5 Å². The second kappa shape index (κ2) is 5.94. The summed E-state index contributed by atoms with van der Waals surface area (Å²) in [7, 11) is 0. The van der Waals surface area contributed by atoms with Gasteiger partial charge in [0.25, 0.3) is 0 Å². The number of benzene rings is 2. The summed E-state index contributed by atoms with van der Waals surface area (Å²) >= 11 is 6.84. The van der Waals surface area contributed by atoms with Crippen LogP contribution in [0.1, 0.15) is 11.1 Å². The molecular weight excluding hydrogens is 320 g/mol. The summed E-state index contributed by atoms with van der Waals surface area (Å²) in [6.45, 7) is 2.19. The van der Waals surface area contributed by atoms with Crippen molar-refractivity contribution in [3.05, 3.63) is 84.8 Å². The zero-order chi connectivity index (χ0) is 15.7. The molecule has 4 nitrogen and oxygen atoms in total. The molecule has 112 valence electrons. The summed E-state index contributed by atoms with van der Waals surface area (Å²) < 4.78 is 2.63. The number of hydrogen-bond acceptors (Lipinski definition) is 3. The van der Waals surface area contributed by atoms with Gasteiger partial charge >= 0.3 is 10.6 Å². The molecule has 1 heterocycles. The molecule has 2 aromatic carbocycles. The molecule has 0 amide bonds. The first-order chi connectivity index (χ1) is 10.5. The summed E-state index contributed by atoms with van der Waals surface area (Å²) in [4.78, 5) is 24.3. The molecule has 3 aromatic rings. The highest BCUT2D eigenvalue weighted by Gasteiger charge is 2.12. The lowest BCUT2D eigenvalue weighted by Gasteiger charge is -2.02. The molecule has 3 rings (SSSR count). The number of hydrogen-bond donors (Lipinski definition) is 0. The minimum Gasteiger partial charge on any atom is -0.255 e. The molecule has 1 aromatic heterocycles. The second-order valence-electron chi connectivity index (χ2n) is 4.99. The Bertz CT molecular complexity index is 922. The highest BCUT2D eigenvalue weighted by molar-refractivity contribution is 7.03. The highest BCUT2D eigenvalue weighted by Crippen LogP contribution is 2.12. The van der Waals surface area contributed by atoms with E-state index in [1.54, 1.807) is 18.2 Å². The Morgan fingerprint density at radius 2 is 1.82 bits per heavy atom. The molecule has 0 saturated heterocycles. The number of aryl methyl sites for hydroxylation is 1. The van der Waals surface area contributed by atoms with E-state index in [9.17, 15) is 9.59 Å². The smallest absolute Gasteiger partial charge is 0.255 e. The number of nitrogens with zero attached hydrogens (tertiary/aromatic N) is 2. The van der Waals surface area contributed by atoms with Gasteiger partial charge in [-0.1, -0.05) is 41.4 Å². The molecule has 0 aliphatic carbocycles. The van der Waals surface area contributed by atoms with Crippen molar-refractivity contribution in [2.24, 2.45) is 0 Å². The van der Waals surface area contributed by atoms with Crippen LogP contribution in [-0.4, -0.2) is 8.52 Å². The van der Waals surface area contributed by atoms with E-state index in [2.05, 4.69) is 0 Å². The summed E-state index contributed by atoms with van der Waals surface area (Å²) in [5.74, 6) is 0. The monoisotopic (exact) mass is 332 g/mol. The standard InChI is InChI=1S/C16H13ClN2O2S/c1-11-5-7-14(8-6-11)19-15(20)18(16(21)22-19)10-12-3-2-4-13(17)9-12/h2-9H,10H2,1H3. The maximum Gasteiger partial charge on any atom is 0.346 e. The predicted molar refractivity (Wildman–Crippen MR) is 89.5 cm³/mol. The zero-order valence-electron chi connectivity index (χ0n) is 11.8. The largest absolute Gasteiger partial charge is 0.346 e. The summed E-state index contributed by atoms with van der Waals surface area (Å²) in [5.41, 5.74) is 2.28. The summed E-state index contributed by atoms with van der Waals surface area (Å²) in [6, 6.07) is 14.6. The second-order valence-corrected chi connectivity index (χ2v) is 6.32. The molecule has 6 heteroatoms. The van der Waals surface area contributed by atoms with Gasteiger partial charge in [-0.3, -0.25) is 4.79 Å². The third-order valence-corrected chi connectivity index (χ3v) is 4.45. The minimum atomic E-state index is -0.334. The van der Waals surface area contributed by atoms with E-state index in [1.807, 2.05) is 37.3 Å². The molecule has 0 aliphatic heterocycles. The Morgan fingerprint density at radius 1 is 1.09 bits per heavy atom. The Morgan fingerprint density at radius 3 is 2.50 bits per heavy atom. The van der Waals surface area contributed by atoms with Crippen molar-refractivity contribution in [1.82, 2.24) is 8.52 Å². The SMILES string of the molecule is Cc1ccc(-n2sc(=O)n(Cc3cccc(Cl)c3)c2=O)cc1. The normalized spacial score (nSPS) is 10.8. The van der Waals surface area contributed by atoms with Gasteiger partial charge in [-0.2, -0.15) is 0 Å². The molecule has 0 aliphatic rings. The molecule has 0 spiro atoms. The van der Waals surface area contributed by atoms with Crippen molar-refractivity contribution < 1.29 is 0 Å². The van der Waals surface area contributed by atoms with Crippen molar-refractivity contribution in [2.75, 3.05) is 0 Å². The molecule has 0 saturated carbocycles. The maximum atomic E-state index is 12.5. The van der Waals surface area contributed by atoms with Gasteiger partial charge in [-0.15, -0.1) is 0 Å². The van der Waals surface area contributed by atoms with Gasteiger partial charge in [0.2, 0.25) is 0 Å². The van der Waals surface area contributed by atoms with Crippen LogP contribution in [0, 0.1) is 6.92 Å². The fourth-order valence-electron chi connectivity index (χ4n) is 2.15. The van der Waals surface area contributed by atoms with Crippen LogP contribution in [0.25, 0.3) is 5.69 Å². The maximum absolute atomic E-state index is 12.5. The van der Waals surface area contributed by atoms with E-state index in [4.69, 9.17) is 11.6 Å². The molecule has 0 radical (unpaired) electrons. The quantitative estimate of drug-likeness (QED) is 0.740. The van der Waals surface area contributed by atoms with Crippen molar-refractivity contribution in [3.8, 4) is 5.69 Å². The van der Waals surface area contributed by atoms with Crippen LogP contribution in [0.4, 0.5) is 0 Å². The third kappa shape index (κ3) is 2.91. The van der Waals surface area contributed by atoms with E-state index in [0.29, 0.717) is 10.7 Å². The van der Waals surface area contributed by atoms with E-state index in [0.717, 1.165) is 22.7 Å². The summed E-state index contributed by atoms with van der Waals surface area (Å²) in [6.07, 6.45) is 0. The first-order valence-corrected chi connectivity index (χ1v) is 7.84. The number of aromatic nitrogens is 2. The van der Waals surface area contributed by atoms with Crippen molar-refractivity contribution in [1.29, 1.82) is 0 Å². The number of halogens is 1. The predicted octanol–water partition coefficient (Wildman–Crippen LogP) is 3.07. The molecule has 22 heavy (non-hydrogen) atoms. The zero-order valence-corrected chi connectivity index (χ0v) is 13.4. The molecule has 0 bridgehead atoms. The highest BCUT2D eigenvalue weighted by atomic mass is 35.5. The van der Waals surface area contributed by atoms with Gasteiger partial charge in [0.05, 0.1) is 12.2 Å². The van der Waals surface area contributed by atoms with Gasteiger partial charge in [-0.25, -0.2) is 13.3 Å². The fraction of sp³-hybridized carbons (Fsp3) is 0.125. The van der Waals surface area contributed by atoms with Crippen LogP contribution >= 0.6 is 23.1 Å². The molecule has 0 N–H and O–H groups in total. The lowest BCUT2D eigenvalue weighted by Crippen LogP contribution is -2.28. The Labute approximate surface area is 136 Å². The Kier molecular flexibility index (Phi) is 4.00.